The highest BCUT2D eigenvalue weighted by molar-refractivity contribution is 7.18. The molecule has 2 rings (SSSR count). The van der Waals surface area contributed by atoms with Gasteiger partial charge in [0.05, 0.1) is 5.39 Å². The lowest BCUT2D eigenvalue weighted by Gasteiger charge is -2.11. The van der Waals surface area contributed by atoms with Gasteiger partial charge in [-0.1, -0.05) is 20.3 Å². The predicted molar refractivity (Wildman–Crippen MR) is 88.4 cm³/mol. The molecule has 0 aliphatic carbocycles. The van der Waals surface area contributed by atoms with Crippen LogP contribution in [0.3, 0.4) is 0 Å². The third kappa shape index (κ3) is 3.70. The molecule has 1 atom stereocenters. The molecule has 3 N–H and O–H groups in total. The molecule has 0 saturated carbocycles. The fourth-order valence-corrected chi connectivity index (χ4v) is 3.44. The monoisotopic (exact) mass is 308 g/mol. The largest absolute Gasteiger partial charge is 0.373 e. The van der Waals surface area contributed by atoms with Crippen molar-refractivity contribution in [3.05, 3.63) is 16.3 Å². The van der Waals surface area contributed by atoms with Gasteiger partial charge in [-0.25, -0.2) is 15.8 Å². The molecule has 0 aliphatic heterocycles. The summed E-state index contributed by atoms with van der Waals surface area (Å²) in [6.07, 6.45) is 2.36. The SMILES string of the molecule is CCCC(C)COCc1nc(NN)c2c(C)c(C)sc2n1. The minimum absolute atomic E-state index is 0.425. The van der Waals surface area contributed by atoms with Crippen molar-refractivity contribution in [3.8, 4) is 0 Å². The third-order valence-electron chi connectivity index (χ3n) is 3.63. The highest BCUT2D eigenvalue weighted by Crippen LogP contribution is 2.32. The molecule has 6 heteroatoms. The van der Waals surface area contributed by atoms with Crippen LogP contribution in [-0.4, -0.2) is 16.6 Å². The Kier molecular flexibility index (Phi) is 5.50. The van der Waals surface area contributed by atoms with E-state index in [2.05, 4.69) is 43.1 Å². The molecule has 0 fully saturated rings. The molecule has 0 aromatic carbocycles. The molecular formula is C15H24N4OS. The predicted octanol–water partition coefficient (Wildman–Crippen LogP) is 3.55. The lowest BCUT2D eigenvalue weighted by atomic mass is 10.1. The van der Waals surface area contributed by atoms with Crippen LogP contribution in [0.4, 0.5) is 5.82 Å². The van der Waals surface area contributed by atoms with Crippen molar-refractivity contribution in [2.24, 2.45) is 11.8 Å². The highest BCUT2D eigenvalue weighted by atomic mass is 32.1. The van der Waals surface area contributed by atoms with Crippen molar-refractivity contribution in [3.63, 3.8) is 0 Å². The standard InChI is InChI=1S/C15H24N4OS/c1-5-6-9(2)7-20-8-12-17-14(19-16)13-10(3)11(4)21-15(13)18-12/h9H,5-8,16H2,1-4H3,(H,17,18,19). The van der Waals surface area contributed by atoms with Gasteiger partial charge in [-0.3, -0.25) is 0 Å². The number of ether oxygens (including phenoxy) is 1. The molecule has 0 aliphatic rings. The summed E-state index contributed by atoms with van der Waals surface area (Å²) in [6.45, 7) is 9.71. The minimum atomic E-state index is 0.425. The molecule has 0 radical (unpaired) electrons. The second kappa shape index (κ2) is 7.15. The first-order chi connectivity index (χ1) is 10.1. The van der Waals surface area contributed by atoms with Crippen LogP contribution >= 0.6 is 11.3 Å². The van der Waals surface area contributed by atoms with Crippen molar-refractivity contribution >= 4 is 27.4 Å². The summed E-state index contributed by atoms with van der Waals surface area (Å²) in [5.74, 6) is 7.53. The number of aromatic nitrogens is 2. The van der Waals surface area contributed by atoms with Crippen LogP contribution < -0.4 is 11.3 Å². The highest BCUT2D eigenvalue weighted by Gasteiger charge is 2.14. The second-order valence-electron chi connectivity index (χ2n) is 5.51. The number of aryl methyl sites for hydroxylation is 2. The zero-order valence-corrected chi connectivity index (χ0v) is 14.0. The van der Waals surface area contributed by atoms with E-state index in [1.54, 1.807) is 11.3 Å². The Hall–Kier alpha value is -1.24. The number of hydrogen-bond donors (Lipinski definition) is 2. The molecule has 0 bridgehead atoms. The van der Waals surface area contributed by atoms with E-state index in [9.17, 15) is 0 Å². The smallest absolute Gasteiger partial charge is 0.158 e. The van der Waals surface area contributed by atoms with E-state index in [0.717, 1.165) is 16.8 Å². The summed E-state index contributed by atoms with van der Waals surface area (Å²) in [5.41, 5.74) is 3.87. The Morgan fingerprint density at radius 1 is 1.33 bits per heavy atom. The number of hydrazine groups is 1. The van der Waals surface area contributed by atoms with Gasteiger partial charge in [0.2, 0.25) is 0 Å². The van der Waals surface area contributed by atoms with Gasteiger partial charge in [-0.05, 0) is 31.7 Å². The fourth-order valence-electron chi connectivity index (χ4n) is 2.39. The Balaban J connectivity index is 2.14. The van der Waals surface area contributed by atoms with E-state index in [0.29, 0.717) is 24.2 Å². The van der Waals surface area contributed by atoms with Crippen LogP contribution in [0.1, 0.15) is 43.0 Å². The maximum absolute atomic E-state index is 5.73. The van der Waals surface area contributed by atoms with E-state index in [-0.39, 0.29) is 0 Å². The Labute approximate surface area is 129 Å². The molecule has 2 aromatic rings. The minimum Gasteiger partial charge on any atom is -0.373 e. The number of nitrogens with two attached hydrogens (primary N) is 1. The number of fused-ring (bicyclic) bond motifs is 1. The molecule has 21 heavy (non-hydrogen) atoms. The van der Waals surface area contributed by atoms with Gasteiger partial charge < -0.3 is 10.2 Å². The quantitative estimate of drug-likeness (QED) is 0.604. The zero-order valence-electron chi connectivity index (χ0n) is 13.2. The van der Waals surface area contributed by atoms with Gasteiger partial charge in [0.1, 0.15) is 11.4 Å². The van der Waals surface area contributed by atoms with Crippen molar-refractivity contribution in [2.75, 3.05) is 12.0 Å². The molecule has 0 amide bonds. The first kappa shape index (κ1) is 16.1. The van der Waals surface area contributed by atoms with Crippen LogP contribution in [0.25, 0.3) is 10.2 Å². The molecule has 5 nitrogen and oxygen atoms in total. The number of nitrogens with one attached hydrogen (secondary N) is 1. The zero-order chi connectivity index (χ0) is 15.4. The maximum atomic E-state index is 5.73. The summed E-state index contributed by atoms with van der Waals surface area (Å²) < 4.78 is 5.73. The van der Waals surface area contributed by atoms with E-state index in [1.807, 2.05) is 0 Å². The van der Waals surface area contributed by atoms with Crippen LogP contribution in [-0.2, 0) is 11.3 Å². The van der Waals surface area contributed by atoms with Crippen LogP contribution in [0.5, 0.6) is 0 Å². The normalized spacial score (nSPS) is 12.8. The van der Waals surface area contributed by atoms with E-state index >= 15 is 0 Å². The fraction of sp³-hybridized carbons (Fsp3) is 0.600. The molecule has 1 unspecified atom stereocenters. The van der Waals surface area contributed by atoms with E-state index in [4.69, 9.17) is 10.6 Å². The van der Waals surface area contributed by atoms with Gasteiger partial charge in [-0.2, -0.15) is 0 Å². The number of rotatable bonds is 7. The number of nitrogens with zero attached hydrogens (tertiary/aromatic N) is 2. The Morgan fingerprint density at radius 2 is 2.10 bits per heavy atom. The van der Waals surface area contributed by atoms with Gasteiger partial charge in [0.15, 0.2) is 11.6 Å². The van der Waals surface area contributed by atoms with Crippen LogP contribution in [0.15, 0.2) is 0 Å². The molecule has 2 heterocycles. The first-order valence-corrected chi connectivity index (χ1v) is 8.19. The van der Waals surface area contributed by atoms with E-state index in [1.165, 1.54) is 23.3 Å². The summed E-state index contributed by atoms with van der Waals surface area (Å²) in [6, 6.07) is 0. The van der Waals surface area contributed by atoms with Gasteiger partial charge in [0.25, 0.3) is 0 Å². The summed E-state index contributed by atoms with van der Waals surface area (Å²) in [5, 5.41) is 1.02. The van der Waals surface area contributed by atoms with Crippen molar-refractivity contribution in [1.29, 1.82) is 0 Å². The topological polar surface area (TPSA) is 73.1 Å². The van der Waals surface area contributed by atoms with Crippen LogP contribution in [0, 0.1) is 19.8 Å². The number of nitrogen functional groups attached to an aromatic ring is 1. The molecule has 116 valence electrons. The first-order valence-electron chi connectivity index (χ1n) is 7.37. The number of anilines is 1. The summed E-state index contributed by atoms with van der Waals surface area (Å²) >= 11 is 1.67. The molecule has 2 aromatic heterocycles. The Bertz CT molecular complexity index is 611. The third-order valence-corrected chi connectivity index (χ3v) is 4.73. The van der Waals surface area contributed by atoms with Crippen molar-refractivity contribution < 1.29 is 4.74 Å². The molecule has 0 spiro atoms. The van der Waals surface area contributed by atoms with E-state index < -0.39 is 0 Å². The van der Waals surface area contributed by atoms with Gasteiger partial charge in [-0.15, -0.1) is 11.3 Å². The lowest BCUT2D eigenvalue weighted by Crippen LogP contribution is -2.12. The molecular weight excluding hydrogens is 284 g/mol. The van der Waals surface area contributed by atoms with Crippen molar-refractivity contribution in [1.82, 2.24) is 9.97 Å². The van der Waals surface area contributed by atoms with Crippen LogP contribution in [0.2, 0.25) is 0 Å². The number of thiophene rings is 1. The molecule has 0 saturated heterocycles. The average Bonchev–Trinajstić information content (AvgIpc) is 2.73. The van der Waals surface area contributed by atoms with Gasteiger partial charge in [0, 0.05) is 11.5 Å². The summed E-state index contributed by atoms with van der Waals surface area (Å²) in [4.78, 5) is 11.3. The van der Waals surface area contributed by atoms with Gasteiger partial charge >= 0.3 is 0 Å². The summed E-state index contributed by atoms with van der Waals surface area (Å²) in [7, 11) is 0. The van der Waals surface area contributed by atoms with Crippen molar-refractivity contribution in [2.45, 2.75) is 47.1 Å². The maximum Gasteiger partial charge on any atom is 0.158 e. The Morgan fingerprint density at radius 3 is 2.76 bits per heavy atom. The average molecular weight is 308 g/mol. The second-order valence-corrected chi connectivity index (χ2v) is 6.71. The lowest BCUT2D eigenvalue weighted by molar-refractivity contribution is 0.0851. The number of hydrogen-bond acceptors (Lipinski definition) is 6.